The molecule has 0 amide bonds. The second kappa shape index (κ2) is 10.3. The van der Waals surface area contributed by atoms with Crippen molar-refractivity contribution in [2.75, 3.05) is 0 Å². The summed E-state index contributed by atoms with van der Waals surface area (Å²) in [5.41, 5.74) is 11.1. The van der Waals surface area contributed by atoms with Gasteiger partial charge < -0.3 is 0 Å². The topological polar surface area (TPSA) is 0 Å². The van der Waals surface area contributed by atoms with Gasteiger partial charge in [-0.05, 0) is 109 Å². The maximum absolute atomic E-state index is 10.7. The van der Waals surface area contributed by atoms with Crippen molar-refractivity contribution in [1.82, 2.24) is 0 Å². The van der Waals surface area contributed by atoms with Crippen molar-refractivity contribution in [3.63, 3.8) is 0 Å². The first-order valence-electron chi connectivity index (χ1n) is 12.0. The van der Waals surface area contributed by atoms with Gasteiger partial charge in [0.2, 0.25) is 0 Å². The van der Waals surface area contributed by atoms with Crippen molar-refractivity contribution < 1.29 is 25.2 Å². The molecule has 0 aromatic carbocycles. The van der Waals surface area contributed by atoms with Gasteiger partial charge in [-0.2, -0.15) is 0 Å². The van der Waals surface area contributed by atoms with Gasteiger partial charge in [-0.15, -0.1) is 0 Å². The number of hydrogen-bond acceptors (Lipinski definition) is 0. The second-order valence-electron chi connectivity index (χ2n) is 9.34. The van der Waals surface area contributed by atoms with E-state index in [0.29, 0.717) is 0 Å². The zero-order chi connectivity index (χ0) is 29.6. The summed E-state index contributed by atoms with van der Waals surface area (Å²) in [4.78, 5) is 0. The molecule has 0 spiro atoms. The summed E-state index contributed by atoms with van der Waals surface area (Å²) in [6.45, 7) is 0. The van der Waals surface area contributed by atoms with Crippen molar-refractivity contribution >= 4 is 55.6 Å². The van der Waals surface area contributed by atoms with E-state index in [0.717, 1.165) is 13.4 Å². The Labute approximate surface area is 258 Å². The zero-order valence-corrected chi connectivity index (χ0v) is 26.4. The molecule has 0 aromatic rings. The standard InChI is InChI=1S/C31H18Br3.F6P/c32-22-7-1-19-4-13-28(25(19)16-10-22)31(29-14-5-20-2-8-23(33)11-17-26(20)29)30-15-6-21-3-9-24(34)12-18-27(21)30;1-7(2,3,4,5)6/h1-18H;/q+1;-1. The van der Waals surface area contributed by atoms with E-state index < -0.39 is 7.81 Å². The molecular formula is C31H18Br3F6P. The zero-order valence-electron chi connectivity index (χ0n) is 20.7. The van der Waals surface area contributed by atoms with Crippen LogP contribution in [0.5, 0.6) is 0 Å². The molecule has 0 nitrogen and oxygen atoms in total. The van der Waals surface area contributed by atoms with Gasteiger partial charge >= 0.3 is 33.0 Å². The van der Waals surface area contributed by atoms with Crippen LogP contribution in [0.15, 0.2) is 123 Å². The molecule has 0 unspecified atom stereocenters. The van der Waals surface area contributed by atoms with Crippen LogP contribution in [0.1, 0.15) is 16.7 Å². The molecule has 210 valence electrons. The van der Waals surface area contributed by atoms with Crippen LogP contribution in [-0.4, -0.2) is 0 Å². The van der Waals surface area contributed by atoms with E-state index in [1.165, 1.54) is 56.0 Å². The summed E-state index contributed by atoms with van der Waals surface area (Å²) >= 11 is 10.9. The molecule has 6 aliphatic rings. The van der Waals surface area contributed by atoms with Crippen LogP contribution in [0.2, 0.25) is 0 Å². The van der Waals surface area contributed by atoms with Crippen LogP contribution in [0.3, 0.4) is 0 Å². The summed E-state index contributed by atoms with van der Waals surface area (Å²) < 4.78 is 62.4. The molecule has 0 aliphatic heterocycles. The van der Waals surface area contributed by atoms with Crippen LogP contribution in [0.4, 0.5) is 25.2 Å². The number of hydrogen-bond donors (Lipinski definition) is 0. The van der Waals surface area contributed by atoms with E-state index in [2.05, 4.69) is 157 Å². The summed E-state index contributed by atoms with van der Waals surface area (Å²) in [6, 6.07) is 39.4. The summed E-state index contributed by atoms with van der Waals surface area (Å²) in [5, 5.41) is 0. The molecular weight excluding hydrogens is 757 g/mol. The monoisotopic (exact) mass is 772 g/mol. The first kappa shape index (κ1) is 29.9. The first-order chi connectivity index (χ1) is 19.0. The molecule has 0 fully saturated rings. The maximum atomic E-state index is 9.87. The minimum atomic E-state index is -10.7. The third-order valence-electron chi connectivity index (χ3n) is 6.39. The van der Waals surface area contributed by atoms with Crippen molar-refractivity contribution in [2.45, 2.75) is 0 Å². The Hall–Kier alpha value is -2.58. The van der Waals surface area contributed by atoms with Crippen LogP contribution in [0.25, 0.3) is 33.4 Å². The summed E-state index contributed by atoms with van der Waals surface area (Å²) in [7, 11) is -10.7. The van der Waals surface area contributed by atoms with Gasteiger partial charge in [-0.1, -0.05) is 47.8 Å². The molecule has 0 saturated carbocycles. The van der Waals surface area contributed by atoms with Gasteiger partial charge in [0.25, 0.3) is 0 Å². The second-order valence-corrected chi connectivity index (χ2v) is 14.0. The summed E-state index contributed by atoms with van der Waals surface area (Å²) in [6.07, 6.45) is 0. The average Bonchev–Trinajstić information content (AvgIpc) is 3.45. The van der Waals surface area contributed by atoms with Gasteiger partial charge in [0.15, 0.2) is 0 Å². The van der Waals surface area contributed by atoms with Crippen molar-refractivity contribution in [1.29, 1.82) is 0 Å². The predicted molar refractivity (Wildman–Crippen MR) is 166 cm³/mol. The Morgan fingerprint density at radius 3 is 0.854 bits per heavy atom. The molecule has 6 aliphatic carbocycles. The fourth-order valence-electron chi connectivity index (χ4n) is 4.77. The summed E-state index contributed by atoms with van der Waals surface area (Å²) in [5.74, 6) is 1.26. The Morgan fingerprint density at radius 2 is 0.585 bits per heavy atom. The van der Waals surface area contributed by atoms with Crippen molar-refractivity contribution in [2.24, 2.45) is 0 Å². The van der Waals surface area contributed by atoms with E-state index >= 15 is 0 Å². The van der Waals surface area contributed by atoms with E-state index in [9.17, 15) is 25.2 Å². The Kier molecular flexibility index (Phi) is 7.51. The first-order valence-corrected chi connectivity index (χ1v) is 16.4. The van der Waals surface area contributed by atoms with Crippen LogP contribution in [-0.2, 0) is 0 Å². The van der Waals surface area contributed by atoms with E-state index in [4.69, 9.17) is 0 Å². The number of fused-ring (bicyclic) bond motifs is 3. The average molecular weight is 775 g/mol. The van der Waals surface area contributed by atoms with Gasteiger partial charge in [-0.3, -0.25) is 0 Å². The van der Waals surface area contributed by atoms with Gasteiger partial charge in [0, 0.05) is 46.8 Å². The van der Waals surface area contributed by atoms with Gasteiger partial charge in [-0.25, -0.2) is 0 Å². The Balaban J connectivity index is 0.000000431. The van der Waals surface area contributed by atoms with Crippen molar-refractivity contribution in [3.8, 4) is 33.4 Å². The number of halogens is 9. The van der Waals surface area contributed by atoms with Gasteiger partial charge in [0.05, 0.1) is 22.6 Å². The molecule has 0 saturated heterocycles. The fraction of sp³-hybridized carbons (Fsp3) is 0. The van der Waals surface area contributed by atoms with Crippen LogP contribution < -0.4 is 0 Å². The Bertz CT molecular complexity index is 1590. The fourth-order valence-corrected chi connectivity index (χ4v) is 5.56. The number of rotatable bonds is 3. The molecule has 0 heterocycles. The molecule has 10 heteroatoms. The third kappa shape index (κ3) is 7.63. The molecule has 0 radical (unpaired) electrons. The van der Waals surface area contributed by atoms with Crippen molar-refractivity contribution in [3.05, 3.63) is 145 Å². The van der Waals surface area contributed by atoms with Gasteiger partial charge in [0.1, 0.15) is 0 Å². The van der Waals surface area contributed by atoms with Crippen LogP contribution in [0, 0.1) is 5.92 Å². The predicted octanol–water partition coefficient (Wildman–Crippen LogP) is 13.7. The molecule has 0 atom stereocenters. The van der Waals surface area contributed by atoms with E-state index in [1.807, 2.05) is 0 Å². The molecule has 0 N–H and O–H groups in total. The van der Waals surface area contributed by atoms with E-state index in [-0.39, 0.29) is 0 Å². The van der Waals surface area contributed by atoms with E-state index in [1.54, 1.807) is 0 Å². The Morgan fingerprint density at radius 1 is 0.366 bits per heavy atom. The third-order valence-corrected chi connectivity index (χ3v) is 7.98. The van der Waals surface area contributed by atoms with Crippen LogP contribution >= 0.6 is 55.6 Å². The SMILES string of the molecule is Brc1ccc2ccc([C+](c3ccc4ccc(Br)ccc3-4)c3ccc4ccc(Br)ccc3-4)c-2cc1.F[P-](F)(F)(F)(F)F. The normalized spacial score (nSPS) is 13.4. The molecule has 6 rings (SSSR count). The quantitative estimate of drug-likeness (QED) is 0.0954. The molecule has 41 heavy (non-hydrogen) atoms. The molecule has 0 aromatic heterocycles. The molecule has 0 bridgehead atoms. The minimum absolute atomic E-state index is 1.07.